The van der Waals surface area contributed by atoms with Crippen LogP contribution >= 0.6 is 0 Å². The molecule has 1 unspecified atom stereocenters. The van der Waals surface area contributed by atoms with Crippen LogP contribution in [-0.2, 0) is 11.3 Å². The zero-order valence-corrected chi connectivity index (χ0v) is 11.3. The van der Waals surface area contributed by atoms with Gasteiger partial charge < -0.3 is 5.73 Å². The monoisotopic (exact) mass is 246 g/mol. The quantitative estimate of drug-likeness (QED) is 0.886. The zero-order valence-electron chi connectivity index (χ0n) is 11.3. The van der Waals surface area contributed by atoms with Gasteiger partial charge in [-0.15, -0.1) is 0 Å². The van der Waals surface area contributed by atoms with Crippen molar-refractivity contribution in [2.75, 3.05) is 13.1 Å². The lowest BCUT2D eigenvalue weighted by atomic mass is 9.96. The third-order valence-electron chi connectivity index (χ3n) is 4.02. The Kier molecular flexibility index (Phi) is 4.02. The average Bonchev–Trinajstić information content (AvgIpc) is 2.35. The summed E-state index contributed by atoms with van der Waals surface area (Å²) >= 11 is 0. The standard InChI is InChI=1S/C15H22N2O/c1-11-5-3-6-13(12(11)2)9-17-8-4-7-14(10-17)15(16)18/h3,5-6,14H,4,7-10H2,1-2H3,(H2,16,18). The van der Waals surface area contributed by atoms with Crippen molar-refractivity contribution in [3.63, 3.8) is 0 Å². The highest BCUT2D eigenvalue weighted by atomic mass is 16.1. The van der Waals surface area contributed by atoms with Gasteiger partial charge in [-0.05, 0) is 49.9 Å². The van der Waals surface area contributed by atoms with Crippen LogP contribution in [0.1, 0.15) is 29.5 Å². The largest absolute Gasteiger partial charge is 0.369 e. The minimum atomic E-state index is -0.152. The van der Waals surface area contributed by atoms with E-state index in [9.17, 15) is 4.79 Å². The van der Waals surface area contributed by atoms with Gasteiger partial charge >= 0.3 is 0 Å². The Morgan fingerprint density at radius 2 is 2.22 bits per heavy atom. The molecule has 0 bridgehead atoms. The molecule has 0 aliphatic carbocycles. The van der Waals surface area contributed by atoms with Gasteiger partial charge in [0.2, 0.25) is 5.91 Å². The van der Waals surface area contributed by atoms with Crippen molar-refractivity contribution in [2.24, 2.45) is 11.7 Å². The Balaban J connectivity index is 2.05. The first-order chi connectivity index (χ1) is 8.58. The fraction of sp³-hybridized carbons (Fsp3) is 0.533. The van der Waals surface area contributed by atoms with E-state index in [1.165, 1.54) is 16.7 Å². The number of piperidine rings is 1. The van der Waals surface area contributed by atoms with E-state index >= 15 is 0 Å². The first-order valence-corrected chi connectivity index (χ1v) is 6.64. The highest BCUT2D eigenvalue weighted by molar-refractivity contribution is 5.76. The number of aryl methyl sites for hydroxylation is 1. The van der Waals surface area contributed by atoms with E-state index in [4.69, 9.17) is 5.73 Å². The maximum absolute atomic E-state index is 11.3. The molecule has 1 atom stereocenters. The molecule has 1 aromatic rings. The second-order valence-electron chi connectivity index (χ2n) is 5.34. The lowest BCUT2D eigenvalue weighted by molar-refractivity contribution is -0.123. The third kappa shape index (κ3) is 2.91. The van der Waals surface area contributed by atoms with Crippen molar-refractivity contribution in [1.29, 1.82) is 0 Å². The van der Waals surface area contributed by atoms with Crippen molar-refractivity contribution >= 4 is 5.91 Å². The number of primary amides is 1. The van der Waals surface area contributed by atoms with Crippen LogP contribution in [-0.4, -0.2) is 23.9 Å². The van der Waals surface area contributed by atoms with E-state index < -0.39 is 0 Å². The van der Waals surface area contributed by atoms with Crippen LogP contribution in [0.15, 0.2) is 18.2 Å². The molecule has 3 heteroatoms. The number of nitrogens with zero attached hydrogens (tertiary/aromatic N) is 1. The van der Waals surface area contributed by atoms with Crippen LogP contribution in [0.3, 0.4) is 0 Å². The highest BCUT2D eigenvalue weighted by Gasteiger charge is 2.24. The molecular weight excluding hydrogens is 224 g/mol. The Labute approximate surface area is 109 Å². The van der Waals surface area contributed by atoms with Crippen LogP contribution in [0, 0.1) is 19.8 Å². The summed E-state index contributed by atoms with van der Waals surface area (Å²) in [7, 11) is 0. The summed E-state index contributed by atoms with van der Waals surface area (Å²) < 4.78 is 0. The number of carbonyl (C=O) groups excluding carboxylic acids is 1. The Morgan fingerprint density at radius 3 is 2.94 bits per heavy atom. The van der Waals surface area contributed by atoms with Crippen molar-refractivity contribution in [3.8, 4) is 0 Å². The minimum absolute atomic E-state index is 0.0314. The lowest BCUT2D eigenvalue weighted by Crippen LogP contribution is -2.40. The van der Waals surface area contributed by atoms with Crippen molar-refractivity contribution < 1.29 is 4.79 Å². The summed E-state index contributed by atoms with van der Waals surface area (Å²) in [5, 5.41) is 0. The van der Waals surface area contributed by atoms with Crippen molar-refractivity contribution in [2.45, 2.75) is 33.2 Å². The molecule has 2 N–H and O–H groups in total. The third-order valence-corrected chi connectivity index (χ3v) is 4.02. The summed E-state index contributed by atoms with van der Waals surface area (Å²) in [4.78, 5) is 13.6. The predicted molar refractivity (Wildman–Crippen MR) is 73.1 cm³/mol. The first-order valence-electron chi connectivity index (χ1n) is 6.64. The molecule has 1 aliphatic rings. The van der Waals surface area contributed by atoms with Crippen LogP contribution in [0.5, 0.6) is 0 Å². The van der Waals surface area contributed by atoms with Crippen LogP contribution in [0.25, 0.3) is 0 Å². The number of benzene rings is 1. The smallest absolute Gasteiger partial charge is 0.221 e. The maximum Gasteiger partial charge on any atom is 0.221 e. The normalized spacial score (nSPS) is 20.9. The Hall–Kier alpha value is -1.35. The zero-order chi connectivity index (χ0) is 13.1. The SMILES string of the molecule is Cc1cccc(CN2CCCC(C(N)=O)C2)c1C. The fourth-order valence-corrected chi connectivity index (χ4v) is 2.66. The first kappa shape index (κ1) is 13.1. The van der Waals surface area contributed by atoms with Gasteiger partial charge in [-0.1, -0.05) is 18.2 Å². The highest BCUT2D eigenvalue weighted by Crippen LogP contribution is 2.20. The van der Waals surface area contributed by atoms with Crippen LogP contribution in [0.2, 0.25) is 0 Å². The van der Waals surface area contributed by atoms with E-state index in [2.05, 4.69) is 36.9 Å². The molecular formula is C15H22N2O. The molecule has 1 aromatic carbocycles. The summed E-state index contributed by atoms with van der Waals surface area (Å²) in [6.07, 6.45) is 2.01. The minimum Gasteiger partial charge on any atom is -0.369 e. The molecule has 1 amide bonds. The topological polar surface area (TPSA) is 46.3 Å². The summed E-state index contributed by atoms with van der Waals surface area (Å²) in [5.41, 5.74) is 9.46. The van der Waals surface area contributed by atoms with Gasteiger partial charge in [0, 0.05) is 13.1 Å². The predicted octanol–water partition coefficient (Wildman–Crippen LogP) is 2.00. The number of rotatable bonds is 3. The van der Waals surface area contributed by atoms with Crippen LogP contribution in [0.4, 0.5) is 0 Å². The van der Waals surface area contributed by atoms with E-state index in [0.717, 1.165) is 32.5 Å². The van der Waals surface area contributed by atoms with E-state index in [-0.39, 0.29) is 11.8 Å². The number of amides is 1. The van der Waals surface area contributed by atoms with Crippen molar-refractivity contribution in [3.05, 3.63) is 34.9 Å². The van der Waals surface area contributed by atoms with Gasteiger partial charge in [0.05, 0.1) is 5.92 Å². The van der Waals surface area contributed by atoms with Gasteiger partial charge in [0.1, 0.15) is 0 Å². The molecule has 0 aromatic heterocycles. The lowest BCUT2D eigenvalue weighted by Gasteiger charge is -2.31. The van der Waals surface area contributed by atoms with Crippen molar-refractivity contribution in [1.82, 2.24) is 4.90 Å². The van der Waals surface area contributed by atoms with Gasteiger partial charge in [0.25, 0.3) is 0 Å². The molecule has 0 spiro atoms. The second-order valence-corrected chi connectivity index (χ2v) is 5.34. The van der Waals surface area contributed by atoms with Gasteiger partial charge in [-0.2, -0.15) is 0 Å². The maximum atomic E-state index is 11.3. The van der Waals surface area contributed by atoms with Crippen LogP contribution < -0.4 is 5.73 Å². The summed E-state index contributed by atoms with van der Waals surface area (Å²) in [5.74, 6) is -0.121. The molecule has 1 aliphatic heterocycles. The number of hydrogen-bond acceptors (Lipinski definition) is 2. The molecule has 2 rings (SSSR count). The fourth-order valence-electron chi connectivity index (χ4n) is 2.66. The van der Waals surface area contributed by atoms with Gasteiger partial charge in [-0.3, -0.25) is 9.69 Å². The molecule has 1 heterocycles. The summed E-state index contributed by atoms with van der Waals surface area (Å²) in [6.45, 7) is 7.11. The second kappa shape index (κ2) is 5.53. The number of likely N-dealkylation sites (tertiary alicyclic amines) is 1. The molecule has 98 valence electrons. The average molecular weight is 246 g/mol. The Bertz CT molecular complexity index is 442. The summed E-state index contributed by atoms with van der Waals surface area (Å²) in [6, 6.07) is 6.42. The number of carbonyl (C=O) groups is 1. The molecule has 0 saturated carbocycles. The molecule has 3 nitrogen and oxygen atoms in total. The number of hydrogen-bond donors (Lipinski definition) is 1. The van der Waals surface area contributed by atoms with E-state index in [1.807, 2.05) is 0 Å². The van der Waals surface area contributed by atoms with Gasteiger partial charge in [0.15, 0.2) is 0 Å². The molecule has 1 fully saturated rings. The van der Waals surface area contributed by atoms with Gasteiger partial charge in [-0.25, -0.2) is 0 Å². The number of nitrogens with two attached hydrogens (primary N) is 1. The molecule has 18 heavy (non-hydrogen) atoms. The van der Waals surface area contributed by atoms with E-state index in [0.29, 0.717) is 0 Å². The molecule has 0 radical (unpaired) electrons. The van der Waals surface area contributed by atoms with E-state index in [1.54, 1.807) is 0 Å². The Morgan fingerprint density at radius 1 is 1.44 bits per heavy atom. The molecule has 1 saturated heterocycles.